The number of carboxylic acids is 2. The van der Waals surface area contributed by atoms with Gasteiger partial charge in [-0.1, -0.05) is 80.1 Å². The Morgan fingerprint density at radius 1 is 0.496 bits per heavy atom. The van der Waals surface area contributed by atoms with Gasteiger partial charge in [0.2, 0.25) is 65.6 Å². The molecule has 0 aliphatic carbocycles. The second kappa shape index (κ2) is 39.6. The van der Waals surface area contributed by atoms with Gasteiger partial charge in [0.05, 0.1) is 23.3 Å². The van der Waals surface area contributed by atoms with Crippen LogP contribution in [0.15, 0.2) is 115 Å². The number of fused-ring (bicyclic) bond motifs is 14. The van der Waals surface area contributed by atoms with Gasteiger partial charge in [0.1, 0.15) is 150 Å². The van der Waals surface area contributed by atoms with Crippen molar-refractivity contribution in [1.82, 2.24) is 42.5 Å². The number of carbonyl (C=O) groups excluding carboxylic acids is 8. The van der Waals surface area contributed by atoms with Crippen LogP contribution in [-0.4, -0.2) is 253 Å². The van der Waals surface area contributed by atoms with Gasteiger partial charge in [0, 0.05) is 48.6 Å². The second-order valence-corrected chi connectivity index (χ2v) is 32.9. The number of halogens is 2. The summed E-state index contributed by atoms with van der Waals surface area (Å²) in [6, 6.07) is -0.278. The fourth-order valence-corrected chi connectivity index (χ4v) is 16.6. The number of carbonyl (C=O) groups is 10. The Bertz CT molecular complexity index is 5600. The molecule has 131 heavy (non-hydrogen) atoms. The summed E-state index contributed by atoms with van der Waals surface area (Å²) in [5.41, 5.74) is 2.53. The zero-order valence-electron chi connectivity index (χ0n) is 68.9. The molecule has 3 saturated heterocycles. The van der Waals surface area contributed by atoms with Gasteiger partial charge >= 0.3 is 11.9 Å². The van der Waals surface area contributed by atoms with E-state index in [9.17, 15) is 101 Å². The number of unbranched alkanes of at least 4 members (excludes halogenated alkanes) is 4. The standard InChI is InChI=1S/C86H91Cl2N9O34/c1-3-4-5-6-7-8-56(105)92-64-69(109)71(111)75(83(121)122)131-85(64)130-74-52-24-37-25-53(74)125-49-16-12-35(22-44(49)88)73(129-84-63(90-31(2)100)68(108)66(106)54(29-98)127-84)65-81(118)96-62(82(119)120)42-27-39(102)28-51(126-86-72(112)70(110)67(107)55(30-99)128-86)57(42)41-21-34(11-13-46(41)103)59(78(115)97-65)94-80(117)61(37)95-79(116)60-36-19-38(101)26-40(20-36)123-50-23-33(10-14-47(50)104)58(89)77(114)91-45(76(113)93-60)18-32-9-15-48(124-52)43(87)17-32/h9-17,19-28,45,54-55,58-73,75,84-86,98-99,101-104,106-112H,3-8,18,29-30,89H2,1-2H3,(H,90,100)(H,91,114)(H,92,105)(H,93,113)(H,94,117)(H,95,116)(H,96,118)(H,97,115)(H,119,120)(H,121,122)/t45-,54-,55-,58-,59-,60+,61-,62+,63-,64-,65+,66-,67-,68-,69-,70+,71+,72+,73-,75+,84+,85-,86+/m1/s1. The number of aliphatic hydroxyl groups is 9. The summed E-state index contributed by atoms with van der Waals surface area (Å²) in [6.45, 7) is 0.772. The molecule has 25 N–H and O–H groups in total. The average Bonchev–Trinajstić information content (AvgIpc) is 0.755. The van der Waals surface area contributed by atoms with Gasteiger partial charge in [0.25, 0.3) is 0 Å². The van der Waals surface area contributed by atoms with Gasteiger partial charge in [0.15, 0.2) is 41.4 Å². The first-order valence-electron chi connectivity index (χ1n) is 41.1. The SMILES string of the molecule is CCCCCCCC(=O)N[C@H]1[C@H](Oc2c3cc4cc2Oc2ccc(cc2Cl)[C@@H](O[C@@H]2O[C@H](CO)[C@@H](O)[C@H](O)[C@H]2NC(C)=O)[C@@H]2NC(=O)[C@H](NC(=O)[C@@H]4NC(=O)[C@H]4NC(=O)[C@@H](Cc5ccc(c(Cl)c5)O3)NC(=O)[C@H](N)c3ccc(O)c(c3)Oc3cc(O)cc4c3)c3ccc(O)c(c3)-c3c(O[C@H]4O[C@H](CO)[C@@H](O)[C@H](O)[C@@H]4O)cc(O)cc3[C@@H](C(=O)O)NC2=O)O[C@H](C(=O)O)[C@@H](O)[C@@H]1O. The lowest BCUT2D eigenvalue weighted by Crippen LogP contribution is -2.66. The minimum absolute atomic E-state index is 0.0114. The number of hydrogen-bond acceptors (Lipinski definition) is 33. The van der Waals surface area contributed by atoms with Crippen molar-refractivity contribution < 1.29 is 167 Å². The Hall–Kier alpha value is -12.5. The van der Waals surface area contributed by atoms with E-state index in [-0.39, 0.29) is 40.5 Å². The molecule has 23 atom stereocenters. The van der Waals surface area contributed by atoms with E-state index in [1.165, 1.54) is 30.3 Å². The molecule has 0 saturated carbocycles. The van der Waals surface area contributed by atoms with E-state index < -0.39 is 321 Å². The number of nitrogens with two attached hydrogens (primary N) is 1. The lowest BCUT2D eigenvalue weighted by Gasteiger charge is -2.44. The molecule has 0 aromatic heterocycles. The molecule has 45 heteroatoms. The molecule has 8 amide bonds. The molecule has 9 aliphatic heterocycles. The highest BCUT2D eigenvalue weighted by Gasteiger charge is 2.53. The van der Waals surface area contributed by atoms with E-state index >= 15 is 24.0 Å². The van der Waals surface area contributed by atoms with Crippen LogP contribution in [0, 0.1) is 0 Å². The van der Waals surface area contributed by atoms with Gasteiger partial charge in [-0.15, -0.1) is 0 Å². The summed E-state index contributed by atoms with van der Waals surface area (Å²) >= 11 is 14.7. The van der Waals surface area contributed by atoms with Crippen LogP contribution >= 0.6 is 23.2 Å². The van der Waals surface area contributed by atoms with Crippen LogP contribution in [0.25, 0.3) is 11.1 Å². The number of rotatable bonds is 18. The van der Waals surface area contributed by atoms with Gasteiger partial charge < -0.3 is 167 Å². The van der Waals surface area contributed by atoms with Crippen molar-refractivity contribution in [1.29, 1.82) is 0 Å². The monoisotopic (exact) mass is 1860 g/mol. The zero-order chi connectivity index (χ0) is 94.2. The van der Waals surface area contributed by atoms with Gasteiger partial charge in [-0.05, 0) is 119 Å². The van der Waals surface area contributed by atoms with Crippen molar-refractivity contribution >= 4 is 82.4 Å². The third-order valence-electron chi connectivity index (χ3n) is 22.9. The first-order valence-corrected chi connectivity index (χ1v) is 41.8. The summed E-state index contributed by atoms with van der Waals surface area (Å²) in [5.74, 6) is -22.2. The maximum absolute atomic E-state index is 17.0. The maximum Gasteiger partial charge on any atom is 0.335 e. The molecule has 9 heterocycles. The number of benzene rings is 7. The van der Waals surface area contributed by atoms with Crippen molar-refractivity contribution in [3.63, 3.8) is 0 Å². The van der Waals surface area contributed by atoms with E-state index in [2.05, 4.69) is 42.5 Å². The molecule has 16 rings (SSSR count). The summed E-state index contributed by atoms with van der Waals surface area (Å²) in [7, 11) is 0. The van der Waals surface area contributed by atoms with Crippen LogP contribution in [0.2, 0.25) is 10.0 Å². The van der Waals surface area contributed by atoms with E-state index in [0.717, 1.165) is 105 Å². The highest BCUT2D eigenvalue weighted by Crippen LogP contribution is 2.51. The van der Waals surface area contributed by atoms with Crippen molar-refractivity contribution in [2.75, 3.05) is 13.2 Å². The van der Waals surface area contributed by atoms with Crippen molar-refractivity contribution in [2.45, 2.75) is 199 Å². The number of amides is 8. The number of carboxylic acid groups (broad SMARTS) is 2. The van der Waals surface area contributed by atoms with Crippen LogP contribution in [-0.2, 0) is 73.3 Å². The van der Waals surface area contributed by atoms with Gasteiger partial charge in [-0.3, -0.25) is 38.4 Å². The molecule has 0 unspecified atom stereocenters. The van der Waals surface area contributed by atoms with Crippen LogP contribution in [0.1, 0.15) is 128 Å². The van der Waals surface area contributed by atoms with Gasteiger partial charge in [-0.2, -0.15) is 0 Å². The largest absolute Gasteiger partial charge is 0.508 e. The molecule has 7 aromatic carbocycles. The van der Waals surface area contributed by atoms with E-state index in [1.54, 1.807) is 0 Å². The molecule has 0 radical (unpaired) electrons. The average molecular weight is 1870 g/mol. The Morgan fingerprint density at radius 2 is 1.08 bits per heavy atom. The first kappa shape index (κ1) is 94.6. The Labute approximate surface area is 751 Å². The van der Waals surface area contributed by atoms with Crippen molar-refractivity contribution in [3.05, 3.63) is 164 Å². The van der Waals surface area contributed by atoms with Crippen molar-refractivity contribution in [3.8, 4) is 80.1 Å². The third kappa shape index (κ3) is 20.2. The Kier molecular flexibility index (Phi) is 28.6. The second-order valence-electron chi connectivity index (χ2n) is 32.0. The van der Waals surface area contributed by atoms with E-state index in [0.29, 0.717) is 12.8 Å². The summed E-state index contributed by atoms with van der Waals surface area (Å²) < 4.78 is 56.9. The predicted molar refractivity (Wildman–Crippen MR) is 444 cm³/mol. The molecule has 43 nitrogen and oxygen atoms in total. The lowest BCUT2D eigenvalue weighted by molar-refractivity contribution is -0.284. The van der Waals surface area contributed by atoms with Crippen molar-refractivity contribution in [2.24, 2.45) is 5.73 Å². The highest BCUT2D eigenvalue weighted by molar-refractivity contribution is 6.32. The fraction of sp³-hybridized carbons (Fsp3) is 0.395. The molecule has 3 fully saturated rings. The van der Waals surface area contributed by atoms with Crippen LogP contribution in [0.5, 0.6) is 69.0 Å². The molecule has 9 aliphatic rings. The number of aliphatic hydroxyl groups excluding tert-OH is 9. The van der Waals surface area contributed by atoms with E-state index in [1.807, 2.05) is 6.92 Å². The van der Waals surface area contributed by atoms with Crippen LogP contribution in [0.4, 0.5) is 0 Å². The predicted octanol–water partition coefficient (Wildman–Crippen LogP) is 0.476. The molecule has 698 valence electrons. The zero-order valence-corrected chi connectivity index (χ0v) is 70.4. The topological polar surface area (TPSA) is 679 Å². The maximum atomic E-state index is 17.0. The van der Waals surface area contributed by atoms with E-state index in [4.69, 9.17) is 71.6 Å². The minimum Gasteiger partial charge on any atom is -0.508 e. The highest BCUT2D eigenvalue weighted by atomic mass is 35.5. The van der Waals surface area contributed by atoms with Crippen LogP contribution < -0.4 is 72.0 Å². The summed E-state index contributed by atoms with van der Waals surface area (Å²) in [5, 5.41) is 189. The summed E-state index contributed by atoms with van der Waals surface area (Å²) in [6.07, 6.45) is -27.9. The normalized spacial score (nSPS) is 28.9. The number of ether oxygens (including phenoxy) is 9. The fourth-order valence-electron chi connectivity index (χ4n) is 16.2. The third-order valence-corrected chi connectivity index (χ3v) is 23.5. The van der Waals surface area contributed by atoms with Crippen LogP contribution in [0.3, 0.4) is 0 Å². The molecule has 0 spiro atoms. The minimum atomic E-state index is -2.62. The summed E-state index contributed by atoms with van der Waals surface area (Å²) in [4.78, 5) is 151. The number of aromatic hydroxyl groups is 4. The number of aliphatic carboxylic acids is 2. The Morgan fingerprint density at radius 3 is 1.73 bits per heavy atom. The number of hydrogen-bond donors (Lipinski definition) is 24. The smallest absolute Gasteiger partial charge is 0.335 e. The molecule has 7 aromatic rings. The first-order chi connectivity index (χ1) is 62.4. The molecular weight excluding hydrogens is 1770 g/mol. The Balaban J connectivity index is 1.05. The lowest BCUT2D eigenvalue weighted by atomic mass is 9.89. The number of nitrogens with one attached hydrogen (secondary N) is 8. The quantitative estimate of drug-likeness (QED) is 0.0519. The number of phenolic OH excluding ortho intramolecular Hbond substituents is 4. The number of phenols is 4. The molecule has 17 bridgehead atoms. The molecular formula is C86H91Cl2N9O34. The van der Waals surface area contributed by atoms with Gasteiger partial charge in [-0.25, -0.2) is 9.59 Å².